The summed E-state index contributed by atoms with van der Waals surface area (Å²) in [6.07, 6.45) is 2.86. The van der Waals surface area contributed by atoms with Crippen molar-refractivity contribution in [1.29, 1.82) is 0 Å². The van der Waals surface area contributed by atoms with Gasteiger partial charge in [-0.2, -0.15) is 0 Å². The number of likely N-dealkylation sites (tertiary alicyclic amines) is 1. The number of rotatable bonds is 4. The van der Waals surface area contributed by atoms with Crippen LogP contribution in [0.25, 0.3) is 20.7 Å². The highest BCUT2D eigenvalue weighted by molar-refractivity contribution is 7.22. The molecule has 0 spiro atoms. The van der Waals surface area contributed by atoms with Crippen molar-refractivity contribution in [3.63, 3.8) is 0 Å². The van der Waals surface area contributed by atoms with Gasteiger partial charge in [0.1, 0.15) is 11.4 Å². The van der Waals surface area contributed by atoms with E-state index in [0.29, 0.717) is 29.7 Å². The Hall–Kier alpha value is -3.00. The van der Waals surface area contributed by atoms with Crippen LogP contribution in [0.1, 0.15) is 18.4 Å². The largest absolute Gasteiger partial charge is 0.369 e. The quantitative estimate of drug-likeness (QED) is 0.712. The van der Waals surface area contributed by atoms with Crippen molar-refractivity contribution in [2.24, 2.45) is 11.7 Å². The van der Waals surface area contributed by atoms with E-state index in [2.05, 4.69) is 4.98 Å². The Morgan fingerprint density at radius 3 is 2.76 bits per heavy atom. The molecule has 0 bridgehead atoms. The predicted molar refractivity (Wildman–Crippen MR) is 113 cm³/mol. The number of primary amides is 1. The Kier molecular flexibility index (Phi) is 5.19. The average Bonchev–Trinajstić information content (AvgIpc) is 3.08. The average molecular weight is 410 g/mol. The number of nitrogens with two attached hydrogens (primary N) is 1. The SMILES string of the molecule is Cc1c(-c2ccccc2)sc2ncn(CC(=O)N3CCCC(C(N)=O)C3)c(=O)c12. The van der Waals surface area contributed by atoms with Crippen LogP contribution < -0.4 is 11.3 Å². The molecule has 4 rings (SSSR count). The number of nitrogens with zero attached hydrogens (tertiary/aromatic N) is 3. The summed E-state index contributed by atoms with van der Waals surface area (Å²) >= 11 is 1.48. The third-order valence-electron chi connectivity index (χ3n) is 5.44. The summed E-state index contributed by atoms with van der Waals surface area (Å²) in [6.45, 7) is 2.71. The van der Waals surface area contributed by atoms with Gasteiger partial charge in [0.2, 0.25) is 11.8 Å². The Bertz CT molecular complexity index is 1140. The molecule has 2 amide bonds. The first-order valence-electron chi connectivity index (χ1n) is 9.56. The maximum Gasteiger partial charge on any atom is 0.262 e. The lowest BCUT2D eigenvalue weighted by molar-refractivity contribution is -0.135. The number of amides is 2. The first kappa shape index (κ1) is 19.3. The minimum absolute atomic E-state index is 0.0940. The number of hydrogen-bond donors (Lipinski definition) is 1. The topological polar surface area (TPSA) is 98.3 Å². The molecule has 8 heteroatoms. The number of hydrogen-bond acceptors (Lipinski definition) is 5. The van der Waals surface area contributed by atoms with Gasteiger partial charge < -0.3 is 10.6 Å². The van der Waals surface area contributed by atoms with Crippen molar-refractivity contribution < 1.29 is 9.59 Å². The van der Waals surface area contributed by atoms with E-state index >= 15 is 0 Å². The zero-order valence-corrected chi connectivity index (χ0v) is 16.9. The molecule has 3 heterocycles. The Morgan fingerprint density at radius 1 is 1.28 bits per heavy atom. The van der Waals surface area contributed by atoms with E-state index in [1.165, 1.54) is 22.2 Å². The van der Waals surface area contributed by atoms with Gasteiger partial charge in [0.05, 0.1) is 17.6 Å². The third kappa shape index (κ3) is 3.67. The molecular weight excluding hydrogens is 388 g/mol. The monoisotopic (exact) mass is 410 g/mol. The second kappa shape index (κ2) is 7.79. The number of aryl methyl sites for hydroxylation is 1. The summed E-state index contributed by atoms with van der Waals surface area (Å²) in [5.41, 5.74) is 7.09. The van der Waals surface area contributed by atoms with Crippen LogP contribution in [0.5, 0.6) is 0 Å². The van der Waals surface area contributed by atoms with Crippen LogP contribution in [-0.4, -0.2) is 39.4 Å². The van der Waals surface area contributed by atoms with Gasteiger partial charge in [-0.05, 0) is 30.9 Å². The molecule has 0 aliphatic carbocycles. The fourth-order valence-electron chi connectivity index (χ4n) is 3.82. The molecule has 3 aromatic rings. The smallest absolute Gasteiger partial charge is 0.262 e. The van der Waals surface area contributed by atoms with Gasteiger partial charge >= 0.3 is 0 Å². The molecule has 1 fully saturated rings. The van der Waals surface area contributed by atoms with Crippen LogP contribution in [-0.2, 0) is 16.1 Å². The maximum atomic E-state index is 13.1. The molecule has 7 nitrogen and oxygen atoms in total. The van der Waals surface area contributed by atoms with Crippen LogP contribution in [0.15, 0.2) is 41.5 Å². The number of carbonyl (C=O) groups excluding carboxylic acids is 2. The summed E-state index contributed by atoms with van der Waals surface area (Å²) in [5.74, 6) is -0.905. The van der Waals surface area contributed by atoms with E-state index in [-0.39, 0.29) is 29.8 Å². The molecule has 1 aromatic carbocycles. The Balaban J connectivity index is 1.63. The molecular formula is C21H22N4O3S. The van der Waals surface area contributed by atoms with E-state index in [4.69, 9.17) is 5.73 Å². The molecule has 150 valence electrons. The first-order valence-corrected chi connectivity index (χ1v) is 10.4. The van der Waals surface area contributed by atoms with Gasteiger partial charge in [0, 0.05) is 18.0 Å². The van der Waals surface area contributed by atoms with Gasteiger partial charge in [-0.15, -0.1) is 11.3 Å². The Morgan fingerprint density at radius 2 is 2.03 bits per heavy atom. The number of carbonyl (C=O) groups is 2. The molecule has 1 aliphatic heterocycles. The van der Waals surface area contributed by atoms with E-state index in [1.807, 2.05) is 37.3 Å². The third-order valence-corrected chi connectivity index (χ3v) is 6.68. The van der Waals surface area contributed by atoms with Gasteiger partial charge in [-0.25, -0.2) is 4.98 Å². The van der Waals surface area contributed by atoms with Crippen molar-refractivity contribution in [3.05, 3.63) is 52.6 Å². The predicted octanol–water partition coefficient (Wildman–Crippen LogP) is 2.16. The molecule has 29 heavy (non-hydrogen) atoms. The van der Waals surface area contributed by atoms with Gasteiger partial charge in [0.15, 0.2) is 0 Å². The highest BCUT2D eigenvalue weighted by atomic mass is 32.1. The minimum atomic E-state index is -0.384. The highest BCUT2D eigenvalue weighted by Crippen LogP contribution is 2.35. The number of aromatic nitrogens is 2. The van der Waals surface area contributed by atoms with E-state index in [0.717, 1.165) is 22.4 Å². The fraction of sp³-hybridized carbons (Fsp3) is 0.333. The van der Waals surface area contributed by atoms with Crippen molar-refractivity contribution in [2.75, 3.05) is 13.1 Å². The summed E-state index contributed by atoms with van der Waals surface area (Å²) in [5, 5.41) is 0.554. The number of benzene rings is 1. The lowest BCUT2D eigenvalue weighted by Gasteiger charge is -2.31. The lowest BCUT2D eigenvalue weighted by atomic mass is 9.97. The summed E-state index contributed by atoms with van der Waals surface area (Å²) in [4.78, 5) is 45.0. The highest BCUT2D eigenvalue weighted by Gasteiger charge is 2.27. The van der Waals surface area contributed by atoms with Gasteiger partial charge in [-0.3, -0.25) is 19.0 Å². The normalized spacial score (nSPS) is 16.9. The molecule has 1 saturated heterocycles. The summed E-state index contributed by atoms with van der Waals surface area (Å²) in [6, 6.07) is 9.88. The van der Waals surface area contributed by atoms with Crippen LogP contribution in [0.4, 0.5) is 0 Å². The van der Waals surface area contributed by atoms with E-state index in [9.17, 15) is 14.4 Å². The minimum Gasteiger partial charge on any atom is -0.369 e. The molecule has 0 saturated carbocycles. The lowest BCUT2D eigenvalue weighted by Crippen LogP contribution is -2.45. The van der Waals surface area contributed by atoms with Crippen LogP contribution in [0.2, 0.25) is 0 Å². The summed E-state index contributed by atoms with van der Waals surface area (Å²) in [7, 11) is 0. The first-order chi connectivity index (χ1) is 14.0. The molecule has 1 aliphatic rings. The van der Waals surface area contributed by atoms with E-state index < -0.39 is 0 Å². The molecule has 2 aromatic heterocycles. The number of fused-ring (bicyclic) bond motifs is 1. The number of thiophene rings is 1. The molecule has 1 atom stereocenters. The molecule has 2 N–H and O–H groups in total. The second-order valence-corrected chi connectivity index (χ2v) is 8.36. The van der Waals surface area contributed by atoms with Crippen molar-refractivity contribution in [3.8, 4) is 10.4 Å². The van der Waals surface area contributed by atoms with Crippen LogP contribution >= 0.6 is 11.3 Å². The maximum absolute atomic E-state index is 13.1. The summed E-state index contributed by atoms with van der Waals surface area (Å²) < 4.78 is 1.35. The second-order valence-electron chi connectivity index (χ2n) is 7.36. The van der Waals surface area contributed by atoms with Crippen molar-refractivity contribution in [2.45, 2.75) is 26.3 Å². The molecule has 1 unspecified atom stereocenters. The van der Waals surface area contributed by atoms with Crippen LogP contribution in [0, 0.1) is 12.8 Å². The van der Waals surface area contributed by atoms with Gasteiger partial charge in [-0.1, -0.05) is 30.3 Å². The molecule has 0 radical (unpaired) electrons. The van der Waals surface area contributed by atoms with E-state index in [1.54, 1.807) is 4.90 Å². The van der Waals surface area contributed by atoms with Crippen molar-refractivity contribution >= 4 is 33.4 Å². The number of piperidine rings is 1. The van der Waals surface area contributed by atoms with Crippen LogP contribution in [0.3, 0.4) is 0 Å². The zero-order chi connectivity index (χ0) is 20.5. The zero-order valence-electron chi connectivity index (χ0n) is 16.1. The van der Waals surface area contributed by atoms with Gasteiger partial charge in [0.25, 0.3) is 5.56 Å². The Labute approximate surface area is 171 Å². The fourth-order valence-corrected chi connectivity index (χ4v) is 4.96. The standard InChI is InChI=1S/C21H22N4O3S/c1-13-17-20(29-18(13)14-6-3-2-4-7-14)23-12-25(21(17)28)11-16(26)24-9-5-8-15(10-24)19(22)27/h2-4,6-7,12,15H,5,8-11H2,1H3,(H2,22,27). The van der Waals surface area contributed by atoms with Crippen molar-refractivity contribution in [1.82, 2.24) is 14.5 Å².